The van der Waals surface area contributed by atoms with Crippen LogP contribution < -0.4 is 24.6 Å². The second kappa shape index (κ2) is 30.0. The van der Waals surface area contributed by atoms with Crippen molar-refractivity contribution in [3.05, 3.63) is 59.3 Å². The molecule has 0 N–H and O–H groups in total. The fourth-order valence-corrected chi connectivity index (χ4v) is 4.80. The van der Waals surface area contributed by atoms with Gasteiger partial charge in [-0.2, -0.15) is 0 Å². The van der Waals surface area contributed by atoms with E-state index in [4.69, 9.17) is 18.9 Å². The molecule has 2 aromatic rings. The molecule has 1 heterocycles. The molecule has 0 saturated heterocycles. The molecule has 0 bridgehead atoms. The van der Waals surface area contributed by atoms with Crippen LogP contribution in [0.1, 0.15) is 105 Å². The smallest absolute Gasteiger partial charge is 0.875 e. The topological polar surface area (TPSA) is 158 Å². The Morgan fingerprint density at radius 2 is 1.06 bits per heavy atom. The quantitative estimate of drug-likeness (QED) is 0.0279. The molecule has 0 saturated carbocycles. The zero-order valence-corrected chi connectivity index (χ0v) is 34.5. The standard InChI is InChI=1S/C34H52N2O8.C7H10N2.Fe/c1-7-9-11-13-15-17-19-43-31-21-29(35-23-27(25(3)37)33(39)41-5)30(36-24-28(26(4)38)34(40)42-6)22-32(31)44-20-18-16-14-12-10-8-2;1-9(2)7-3-5-8-6-4-7;/h21-24,37-38H,7-20H2,1-6H3;3-6H,1-2H3;/q;;+2/p-2/b27-25+,28-26+,35-23?,36-24?;;. The van der Waals surface area contributed by atoms with Crippen LogP contribution in [0.4, 0.5) is 17.1 Å². The largest absolute Gasteiger partial charge is 2.00 e. The first kappa shape index (κ1) is 49.6. The number of carbonyl (C=O) groups is 2. The molecule has 0 fully saturated rings. The SMILES string of the molecule is CCCCCCCCOc1cc(N=C/C(C(=O)OC)=C(/C)[O-])c(N=C/C(C(=O)OC)=C(/C)[O-])cc1OCCCCCCCC.CN(C)c1ccncc1.[Fe+2]. The number of nitrogens with zero attached hydrogens (tertiary/aromatic N) is 4. The second-order valence-electron chi connectivity index (χ2n) is 12.6. The molecule has 0 aliphatic carbocycles. The maximum atomic E-state index is 12.1. The number of benzene rings is 1. The van der Waals surface area contributed by atoms with E-state index in [0.29, 0.717) is 24.7 Å². The van der Waals surface area contributed by atoms with Crippen molar-refractivity contribution in [2.24, 2.45) is 9.98 Å². The van der Waals surface area contributed by atoms with Crippen molar-refractivity contribution in [3.8, 4) is 11.5 Å². The molecular weight excluding hydrogens is 732 g/mol. The third-order valence-corrected chi connectivity index (χ3v) is 7.97. The van der Waals surface area contributed by atoms with Gasteiger partial charge in [-0.05, 0) is 25.0 Å². The minimum atomic E-state index is -0.831. The number of methoxy groups -OCH3 is 2. The molecule has 12 nitrogen and oxygen atoms in total. The summed E-state index contributed by atoms with van der Waals surface area (Å²) in [6, 6.07) is 7.16. The van der Waals surface area contributed by atoms with Gasteiger partial charge in [0, 0.05) is 56.7 Å². The first-order valence-electron chi connectivity index (χ1n) is 18.5. The first-order chi connectivity index (χ1) is 25.5. The van der Waals surface area contributed by atoms with Crippen LogP contribution in [0.25, 0.3) is 0 Å². The molecule has 0 amide bonds. The van der Waals surface area contributed by atoms with Gasteiger partial charge in [0.25, 0.3) is 0 Å². The van der Waals surface area contributed by atoms with Gasteiger partial charge in [0.1, 0.15) is 0 Å². The molecule has 300 valence electrons. The number of unbranched alkanes of at least 4 members (excludes halogenated alkanes) is 10. The van der Waals surface area contributed by atoms with E-state index < -0.39 is 23.5 Å². The van der Waals surface area contributed by atoms with E-state index >= 15 is 0 Å². The van der Waals surface area contributed by atoms with Crippen LogP contribution in [0.5, 0.6) is 11.5 Å². The Morgan fingerprint density at radius 1 is 0.685 bits per heavy atom. The van der Waals surface area contributed by atoms with E-state index in [-0.39, 0.29) is 39.6 Å². The average Bonchev–Trinajstić information content (AvgIpc) is 3.15. The summed E-state index contributed by atoms with van der Waals surface area (Å²) in [4.78, 5) is 38.9. The van der Waals surface area contributed by atoms with Crippen LogP contribution in [-0.2, 0) is 36.1 Å². The molecule has 0 atom stereocenters. The van der Waals surface area contributed by atoms with Crippen LogP contribution in [0, 0.1) is 0 Å². The zero-order chi connectivity index (χ0) is 39.4. The molecule has 0 aliphatic heterocycles. The van der Waals surface area contributed by atoms with Gasteiger partial charge < -0.3 is 34.1 Å². The van der Waals surface area contributed by atoms with E-state index in [0.717, 1.165) is 51.0 Å². The van der Waals surface area contributed by atoms with Gasteiger partial charge >= 0.3 is 29.0 Å². The number of hydrogen-bond acceptors (Lipinski definition) is 12. The van der Waals surface area contributed by atoms with E-state index in [9.17, 15) is 19.8 Å². The number of aliphatic imine (C=N–C) groups is 2. The number of ether oxygens (including phenoxy) is 4. The maximum Gasteiger partial charge on any atom is 2.00 e. The Bertz CT molecular complexity index is 1400. The number of pyridine rings is 1. The fraction of sp³-hybridized carbons (Fsp3) is 0.537. The number of carbonyl (C=O) groups excluding carboxylic acids is 2. The molecule has 0 unspecified atom stereocenters. The second-order valence-corrected chi connectivity index (χ2v) is 12.6. The number of esters is 2. The monoisotopic (exact) mass is 792 g/mol. The van der Waals surface area contributed by atoms with Gasteiger partial charge in [-0.15, -0.1) is 11.5 Å². The summed E-state index contributed by atoms with van der Waals surface area (Å²) in [5.74, 6) is -1.85. The molecule has 0 aliphatic rings. The molecule has 2 rings (SSSR count). The fourth-order valence-electron chi connectivity index (χ4n) is 4.80. The van der Waals surface area contributed by atoms with Gasteiger partial charge in [0.15, 0.2) is 11.5 Å². The van der Waals surface area contributed by atoms with E-state index in [2.05, 4.69) is 28.8 Å². The third-order valence-electron chi connectivity index (χ3n) is 7.97. The summed E-state index contributed by atoms with van der Waals surface area (Å²) in [6.07, 6.45) is 19.0. The normalized spacial score (nSPS) is 11.9. The van der Waals surface area contributed by atoms with E-state index in [1.807, 2.05) is 31.1 Å². The van der Waals surface area contributed by atoms with Gasteiger partial charge in [0.05, 0.1) is 50.0 Å². The van der Waals surface area contributed by atoms with Crippen molar-refractivity contribution in [1.29, 1.82) is 0 Å². The zero-order valence-electron chi connectivity index (χ0n) is 33.4. The molecule has 0 radical (unpaired) electrons. The van der Waals surface area contributed by atoms with Gasteiger partial charge in [0.2, 0.25) is 0 Å². The predicted molar refractivity (Wildman–Crippen MR) is 208 cm³/mol. The number of allylic oxidation sites excluding steroid dienone is 2. The van der Waals surface area contributed by atoms with Crippen molar-refractivity contribution < 1.29 is 55.8 Å². The molecular formula is C41H60FeN4O8. The Balaban J connectivity index is 0.00000244. The van der Waals surface area contributed by atoms with Gasteiger partial charge in [-0.1, -0.05) is 91.9 Å². The van der Waals surface area contributed by atoms with Crippen molar-refractivity contribution in [2.75, 3.05) is 46.4 Å². The number of rotatable bonds is 23. The van der Waals surface area contributed by atoms with Crippen molar-refractivity contribution >= 4 is 41.4 Å². The van der Waals surface area contributed by atoms with Crippen LogP contribution >= 0.6 is 0 Å². The Kier molecular flexibility index (Phi) is 27.6. The van der Waals surface area contributed by atoms with Crippen molar-refractivity contribution in [1.82, 2.24) is 4.98 Å². The molecule has 1 aromatic carbocycles. The average molecular weight is 793 g/mol. The third kappa shape index (κ3) is 20.2. The predicted octanol–water partition coefficient (Wildman–Crippen LogP) is 7.33. The van der Waals surface area contributed by atoms with Crippen LogP contribution in [0.3, 0.4) is 0 Å². The molecule has 54 heavy (non-hydrogen) atoms. The Hall–Kier alpha value is -4.35. The van der Waals surface area contributed by atoms with Crippen LogP contribution in [0.2, 0.25) is 0 Å². The summed E-state index contributed by atoms with van der Waals surface area (Å²) >= 11 is 0. The number of aromatic nitrogens is 1. The van der Waals surface area contributed by atoms with Gasteiger partial charge in [-0.25, -0.2) is 9.59 Å². The Labute approximate surface area is 333 Å². The minimum absolute atomic E-state index is 0. The Morgan fingerprint density at radius 3 is 1.37 bits per heavy atom. The summed E-state index contributed by atoms with van der Waals surface area (Å²) in [7, 11) is 6.36. The summed E-state index contributed by atoms with van der Waals surface area (Å²) in [6.45, 7) is 7.75. The van der Waals surface area contributed by atoms with E-state index in [1.165, 1.54) is 72.3 Å². The molecule has 13 heteroatoms. The maximum absolute atomic E-state index is 12.1. The summed E-state index contributed by atoms with van der Waals surface area (Å²) in [5.41, 5.74) is 1.12. The van der Waals surface area contributed by atoms with Crippen molar-refractivity contribution in [3.63, 3.8) is 0 Å². The minimum Gasteiger partial charge on any atom is -0.875 e. The summed E-state index contributed by atoms with van der Waals surface area (Å²) in [5, 5.41) is 24.1. The van der Waals surface area contributed by atoms with Crippen molar-refractivity contribution in [2.45, 2.75) is 105 Å². The van der Waals surface area contributed by atoms with Crippen LogP contribution in [0.15, 0.2) is 69.3 Å². The number of anilines is 1. The molecule has 0 spiro atoms. The first-order valence-corrected chi connectivity index (χ1v) is 18.5. The van der Waals surface area contributed by atoms with Gasteiger partial charge in [-0.3, -0.25) is 15.0 Å². The summed E-state index contributed by atoms with van der Waals surface area (Å²) < 4.78 is 21.7. The number of hydrogen-bond donors (Lipinski definition) is 0. The van der Waals surface area contributed by atoms with Crippen LogP contribution in [-0.4, -0.2) is 70.9 Å². The van der Waals surface area contributed by atoms with E-state index in [1.54, 1.807) is 24.5 Å². The molecule has 1 aromatic heterocycles.